The van der Waals surface area contributed by atoms with Crippen molar-refractivity contribution in [3.63, 3.8) is 0 Å². The normalized spacial score (nSPS) is 22.9. The number of nitrogens with zero attached hydrogens (tertiary/aromatic N) is 1. The van der Waals surface area contributed by atoms with Gasteiger partial charge in [-0.05, 0) is 43.7 Å². The number of rotatable bonds is 5. The third-order valence-corrected chi connectivity index (χ3v) is 8.03. The van der Waals surface area contributed by atoms with Gasteiger partial charge in [-0.25, -0.2) is 8.42 Å². The van der Waals surface area contributed by atoms with E-state index in [1.54, 1.807) is 16.4 Å². The van der Waals surface area contributed by atoms with Crippen molar-refractivity contribution in [1.82, 2.24) is 9.62 Å². The summed E-state index contributed by atoms with van der Waals surface area (Å²) in [5.74, 6) is 0.497. The van der Waals surface area contributed by atoms with Crippen LogP contribution in [0, 0.1) is 18.8 Å². The van der Waals surface area contributed by atoms with Crippen LogP contribution in [0.25, 0.3) is 0 Å². The molecule has 0 bridgehead atoms. The Balaban J connectivity index is 1.52. The Labute approximate surface area is 163 Å². The van der Waals surface area contributed by atoms with Crippen LogP contribution in [-0.2, 0) is 14.8 Å². The summed E-state index contributed by atoms with van der Waals surface area (Å²) >= 11 is 0. The zero-order valence-electron chi connectivity index (χ0n) is 16.3. The Kier molecular flexibility index (Phi) is 6.93. The van der Waals surface area contributed by atoms with E-state index >= 15 is 0 Å². The lowest BCUT2D eigenvalue weighted by Gasteiger charge is -2.21. The topological polar surface area (TPSA) is 66.5 Å². The molecule has 1 unspecified atom stereocenters. The first kappa shape index (κ1) is 20.3. The molecule has 1 N–H and O–H groups in total. The lowest BCUT2D eigenvalue weighted by atomic mass is 9.90. The molecule has 1 aliphatic carbocycles. The maximum absolute atomic E-state index is 12.9. The SMILES string of the molecule is Cc1ccccc1S(=O)(=O)N1CCC(CNC(=O)C2CCCCCCC2)C1. The van der Waals surface area contributed by atoms with E-state index in [1.165, 1.54) is 19.3 Å². The highest BCUT2D eigenvalue weighted by molar-refractivity contribution is 7.89. The highest BCUT2D eigenvalue weighted by Crippen LogP contribution is 2.26. The summed E-state index contributed by atoms with van der Waals surface area (Å²) in [5, 5.41) is 3.11. The first-order valence-electron chi connectivity index (χ1n) is 10.3. The highest BCUT2D eigenvalue weighted by Gasteiger charge is 2.33. The summed E-state index contributed by atoms with van der Waals surface area (Å²) in [6.45, 7) is 3.42. The molecule has 2 fully saturated rings. The molecule has 27 heavy (non-hydrogen) atoms. The predicted molar refractivity (Wildman–Crippen MR) is 107 cm³/mol. The van der Waals surface area contributed by atoms with Crippen molar-refractivity contribution in [2.75, 3.05) is 19.6 Å². The molecular formula is C21H32N2O3S. The minimum atomic E-state index is -3.45. The summed E-state index contributed by atoms with van der Waals surface area (Å²) in [7, 11) is -3.45. The zero-order valence-corrected chi connectivity index (χ0v) is 17.1. The van der Waals surface area contributed by atoms with Crippen LogP contribution in [0.2, 0.25) is 0 Å². The lowest BCUT2D eigenvalue weighted by molar-refractivity contribution is -0.125. The van der Waals surface area contributed by atoms with Crippen LogP contribution < -0.4 is 5.32 Å². The van der Waals surface area contributed by atoms with Gasteiger partial charge in [0.1, 0.15) is 0 Å². The van der Waals surface area contributed by atoms with Gasteiger partial charge in [0, 0.05) is 25.6 Å². The lowest BCUT2D eigenvalue weighted by Crippen LogP contribution is -2.36. The van der Waals surface area contributed by atoms with Crippen LogP contribution in [0.5, 0.6) is 0 Å². The molecule has 0 radical (unpaired) electrons. The monoisotopic (exact) mass is 392 g/mol. The number of hydrogen-bond acceptors (Lipinski definition) is 3. The zero-order chi connectivity index (χ0) is 19.3. The quantitative estimate of drug-likeness (QED) is 0.834. The Morgan fingerprint density at radius 2 is 1.74 bits per heavy atom. The summed E-state index contributed by atoms with van der Waals surface area (Å²) in [4.78, 5) is 12.9. The summed E-state index contributed by atoms with van der Waals surface area (Å²) in [6, 6.07) is 7.12. The van der Waals surface area contributed by atoms with E-state index in [4.69, 9.17) is 0 Å². The van der Waals surface area contributed by atoms with Gasteiger partial charge in [0.25, 0.3) is 0 Å². The van der Waals surface area contributed by atoms with Crippen molar-refractivity contribution in [3.8, 4) is 0 Å². The van der Waals surface area contributed by atoms with Gasteiger partial charge < -0.3 is 5.32 Å². The largest absolute Gasteiger partial charge is 0.356 e. The Morgan fingerprint density at radius 1 is 1.07 bits per heavy atom. The minimum Gasteiger partial charge on any atom is -0.356 e. The van der Waals surface area contributed by atoms with Crippen molar-refractivity contribution >= 4 is 15.9 Å². The molecule has 2 aliphatic rings. The van der Waals surface area contributed by atoms with E-state index in [0.717, 1.165) is 37.7 Å². The van der Waals surface area contributed by atoms with E-state index < -0.39 is 10.0 Å². The van der Waals surface area contributed by atoms with Gasteiger partial charge >= 0.3 is 0 Å². The van der Waals surface area contributed by atoms with E-state index in [9.17, 15) is 13.2 Å². The second-order valence-corrected chi connectivity index (χ2v) is 9.98. The number of carbonyl (C=O) groups is 1. The fraction of sp³-hybridized carbons (Fsp3) is 0.667. The number of amides is 1. The van der Waals surface area contributed by atoms with Crippen LogP contribution in [0.4, 0.5) is 0 Å². The number of sulfonamides is 1. The molecule has 1 amide bonds. The number of nitrogens with one attached hydrogen (secondary N) is 1. The van der Waals surface area contributed by atoms with E-state index in [0.29, 0.717) is 24.5 Å². The minimum absolute atomic E-state index is 0.138. The van der Waals surface area contributed by atoms with Crippen molar-refractivity contribution in [2.24, 2.45) is 11.8 Å². The standard InChI is InChI=1S/C21H32N2O3S/c1-17-9-7-8-12-20(17)27(25,26)23-14-13-18(16-23)15-22-21(24)19-10-5-3-2-4-6-11-19/h7-9,12,18-19H,2-6,10-11,13-16H2,1H3,(H,22,24). The van der Waals surface area contributed by atoms with Gasteiger partial charge in [0.2, 0.25) is 15.9 Å². The van der Waals surface area contributed by atoms with Gasteiger partial charge in [-0.2, -0.15) is 4.31 Å². The van der Waals surface area contributed by atoms with Gasteiger partial charge in [-0.3, -0.25) is 4.79 Å². The molecule has 1 saturated heterocycles. The Morgan fingerprint density at radius 3 is 2.44 bits per heavy atom. The maximum atomic E-state index is 12.9. The van der Waals surface area contributed by atoms with Crippen LogP contribution in [0.15, 0.2) is 29.2 Å². The smallest absolute Gasteiger partial charge is 0.243 e. The molecule has 1 atom stereocenters. The number of benzene rings is 1. The predicted octanol–water partition coefficient (Wildman–Crippen LogP) is 3.48. The van der Waals surface area contributed by atoms with E-state index in [-0.39, 0.29) is 17.7 Å². The third-order valence-electron chi connectivity index (χ3n) is 6.00. The molecule has 1 aromatic carbocycles. The van der Waals surface area contributed by atoms with Crippen LogP contribution in [-0.4, -0.2) is 38.3 Å². The molecule has 1 heterocycles. The molecule has 150 valence electrons. The molecule has 0 spiro atoms. The number of hydrogen-bond donors (Lipinski definition) is 1. The summed E-state index contributed by atoms with van der Waals surface area (Å²) < 4.78 is 27.4. The average molecular weight is 393 g/mol. The Hall–Kier alpha value is -1.40. The van der Waals surface area contributed by atoms with Crippen LogP contribution in [0.3, 0.4) is 0 Å². The first-order chi connectivity index (χ1) is 13.0. The molecule has 3 rings (SSSR count). The van der Waals surface area contributed by atoms with Gasteiger partial charge in [0.15, 0.2) is 0 Å². The molecule has 1 aliphatic heterocycles. The fourth-order valence-electron chi connectivity index (χ4n) is 4.27. The number of aryl methyl sites for hydroxylation is 1. The summed E-state index contributed by atoms with van der Waals surface area (Å²) in [5.41, 5.74) is 0.776. The highest BCUT2D eigenvalue weighted by atomic mass is 32.2. The molecule has 6 heteroatoms. The van der Waals surface area contributed by atoms with Gasteiger partial charge in [-0.1, -0.05) is 50.3 Å². The van der Waals surface area contributed by atoms with Crippen molar-refractivity contribution in [2.45, 2.75) is 63.2 Å². The summed E-state index contributed by atoms with van der Waals surface area (Å²) in [6.07, 6.45) is 8.83. The second kappa shape index (κ2) is 9.20. The van der Waals surface area contributed by atoms with Gasteiger partial charge in [0.05, 0.1) is 4.90 Å². The van der Waals surface area contributed by atoms with Gasteiger partial charge in [-0.15, -0.1) is 0 Å². The Bertz CT molecular complexity index is 740. The van der Waals surface area contributed by atoms with Crippen molar-refractivity contribution in [1.29, 1.82) is 0 Å². The molecule has 5 nitrogen and oxygen atoms in total. The molecule has 1 saturated carbocycles. The molecular weight excluding hydrogens is 360 g/mol. The first-order valence-corrected chi connectivity index (χ1v) is 11.8. The fourth-order valence-corrected chi connectivity index (χ4v) is 6.03. The van der Waals surface area contributed by atoms with E-state index in [2.05, 4.69) is 5.32 Å². The van der Waals surface area contributed by atoms with Crippen LogP contribution >= 0.6 is 0 Å². The third kappa shape index (κ3) is 5.11. The van der Waals surface area contributed by atoms with E-state index in [1.807, 2.05) is 19.1 Å². The second-order valence-electron chi connectivity index (χ2n) is 8.07. The molecule has 0 aromatic heterocycles. The van der Waals surface area contributed by atoms with Crippen LogP contribution in [0.1, 0.15) is 56.9 Å². The molecule has 1 aromatic rings. The maximum Gasteiger partial charge on any atom is 0.243 e. The van der Waals surface area contributed by atoms with Crippen molar-refractivity contribution < 1.29 is 13.2 Å². The number of carbonyl (C=O) groups excluding carboxylic acids is 1. The van der Waals surface area contributed by atoms with Crippen molar-refractivity contribution in [3.05, 3.63) is 29.8 Å². The average Bonchev–Trinajstić information content (AvgIpc) is 3.09.